The third-order valence-corrected chi connectivity index (χ3v) is 7.95. The van der Waals surface area contributed by atoms with E-state index in [-0.39, 0.29) is 24.3 Å². The van der Waals surface area contributed by atoms with Crippen molar-refractivity contribution in [1.29, 1.82) is 0 Å². The SMILES string of the molecule is Cc1cc(O)c(C)c(C(=O)NC(Cc2ccccc2)[C@H](O)C(=O)N2CC(F)(F)C3(C)[C@H]2C(=O)N3CC(C)(C)C)c1. The van der Waals surface area contributed by atoms with Crippen LogP contribution in [0.3, 0.4) is 0 Å². The van der Waals surface area contributed by atoms with Crippen LogP contribution in [0.4, 0.5) is 8.78 Å². The standard InChI is InChI=1S/C30H37F2N3O5/c1-17-12-20(18(2)22(36)13-17)25(38)33-21(14-19-10-8-7-9-11-19)23(37)26(39)34-16-30(31,32)29(6)24(34)27(40)35(29)15-28(3,4)5/h7-13,21,23-24,36-37H,14-16H2,1-6H3,(H,33,38)/t21?,23-,24+,29?/m0/s1. The van der Waals surface area contributed by atoms with Crippen molar-refractivity contribution in [2.45, 2.75) is 77.6 Å². The highest BCUT2D eigenvalue weighted by Crippen LogP contribution is 2.53. The van der Waals surface area contributed by atoms with Crippen LogP contribution >= 0.6 is 0 Å². The highest BCUT2D eigenvalue weighted by atomic mass is 19.3. The number of likely N-dealkylation sites (tertiary alicyclic amines) is 2. The zero-order chi connectivity index (χ0) is 29.8. The largest absolute Gasteiger partial charge is 0.508 e. The number of carbonyl (C=O) groups excluding carboxylic acids is 3. The molecule has 0 radical (unpaired) electrons. The van der Waals surface area contributed by atoms with Crippen LogP contribution in [0.2, 0.25) is 0 Å². The summed E-state index contributed by atoms with van der Waals surface area (Å²) in [5.74, 6) is -5.77. The predicted octanol–water partition coefficient (Wildman–Crippen LogP) is 3.20. The first-order valence-corrected chi connectivity index (χ1v) is 13.3. The van der Waals surface area contributed by atoms with Gasteiger partial charge in [-0.25, -0.2) is 8.78 Å². The number of aromatic hydroxyl groups is 1. The maximum atomic E-state index is 15.4. The van der Waals surface area contributed by atoms with Crippen molar-refractivity contribution in [2.75, 3.05) is 13.1 Å². The van der Waals surface area contributed by atoms with Gasteiger partial charge in [0, 0.05) is 17.7 Å². The van der Waals surface area contributed by atoms with Crippen molar-refractivity contribution in [3.8, 4) is 5.75 Å². The minimum absolute atomic E-state index is 0.0204. The second-order valence-electron chi connectivity index (χ2n) is 12.4. The van der Waals surface area contributed by atoms with Crippen LogP contribution in [-0.4, -0.2) is 80.5 Å². The first-order valence-electron chi connectivity index (χ1n) is 13.3. The molecule has 2 unspecified atom stereocenters. The van der Waals surface area contributed by atoms with E-state index in [1.165, 1.54) is 13.0 Å². The van der Waals surface area contributed by atoms with E-state index in [0.29, 0.717) is 16.7 Å². The molecule has 2 heterocycles. The van der Waals surface area contributed by atoms with Gasteiger partial charge >= 0.3 is 0 Å². The Hall–Kier alpha value is -3.53. The van der Waals surface area contributed by atoms with E-state index in [0.717, 1.165) is 9.80 Å². The van der Waals surface area contributed by atoms with Gasteiger partial charge in [0.1, 0.15) is 17.3 Å². The number of rotatable bonds is 7. The summed E-state index contributed by atoms with van der Waals surface area (Å²) in [6.07, 6.45) is -1.89. The highest BCUT2D eigenvalue weighted by Gasteiger charge is 2.77. The van der Waals surface area contributed by atoms with E-state index in [1.54, 1.807) is 50.2 Å². The topological polar surface area (TPSA) is 110 Å². The van der Waals surface area contributed by atoms with Crippen molar-refractivity contribution >= 4 is 17.7 Å². The lowest BCUT2D eigenvalue weighted by Gasteiger charge is -2.56. The van der Waals surface area contributed by atoms with Crippen molar-refractivity contribution < 1.29 is 33.4 Å². The van der Waals surface area contributed by atoms with Gasteiger partial charge in [0.2, 0.25) is 5.91 Å². The Labute approximate surface area is 233 Å². The summed E-state index contributed by atoms with van der Waals surface area (Å²) in [5, 5.41) is 24.1. The minimum Gasteiger partial charge on any atom is -0.508 e. The van der Waals surface area contributed by atoms with Gasteiger partial charge in [-0.15, -0.1) is 0 Å². The number of phenolic OH excluding ortho intramolecular Hbond substituents is 1. The van der Waals surface area contributed by atoms with Crippen molar-refractivity contribution in [1.82, 2.24) is 15.1 Å². The van der Waals surface area contributed by atoms with Crippen molar-refractivity contribution in [2.24, 2.45) is 5.41 Å². The number of alkyl halides is 2. The summed E-state index contributed by atoms with van der Waals surface area (Å²) < 4.78 is 30.9. The summed E-state index contributed by atoms with van der Waals surface area (Å²) >= 11 is 0. The number of hydrogen-bond donors (Lipinski definition) is 3. The van der Waals surface area contributed by atoms with Gasteiger partial charge in [0.05, 0.1) is 12.6 Å². The number of carbonyl (C=O) groups is 3. The molecule has 0 spiro atoms. The average Bonchev–Trinajstić information content (AvgIpc) is 3.06. The molecule has 2 aliphatic rings. The van der Waals surface area contributed by atoms with Crippen LogP contribution in [0, 0.1) is 19.3 Å². The van der Waals surface area contributed by atoms with Crippen LogP contribution < -0.4 is 5.32 Å². The van der Waals surface area contributed by atoms with Gasteiger partial charge in [0.15, 0.2) is 6.10 Å². The quantitative estimate of drug-likeness (QED) is 0.453. The minimum atomic E-state index is -3.40. The van der Waals surface area contributed by atoms with E-state index in [4.69, 9.17) is 0 Å². The lowest BCUT2D eigenvalue weighted by atomic mass is 9.76. The van der Waals surface area contributed by atoms with Crippen molar-refractivity contribution in [3.63, 3.8) is 0 Å². The van der Waals surface area contributed by atoms with Crippen molar-refractivity contribution in [3.05, 3.63) is 64.7 Å². The molecule has 3 N–H and O–H groups in total. The first kappa shape index (κ1) is 29.5. The number of phenols is 1. The van der Waals surface area contributed by atoms with Crippen LogP contribution in [0.15, 0.2) is 42.5 Å². The van der Waals surface area contributed by atoms with E-state index in [1.807, 2.05) is 20.8 Å². The number of aliphatic hydroxyl groups excluding tert-OH is 1. The Balaban J connectivity index is 1.63. The van der Waals surface area contributed by atoms with Gasteiger partial charge in [-0.1, -0.05) is 51.1 Å². The number of aliphatic hydroxyl groups is 1. The zero-order valence-electron chi connectivity index (χ0n) is 23.7. The van der Waals surface area contributed by atoms with E-state index in [9.17, 15) is 24.6 Å². The summed E-state index contributed by atoms with van der Waals surface area (Å²) in [6, 6.07) is 9.26. The third-order valence-electron chi connectivity index (χ3n) is 7.95. The molecule has 3 amide bonds. The molecule has 2 aliphatic heterocycles. The van der Waals surface area contributed by atoms with Gasteiger partial charge in [0.25, 0.3) is 17.7 Å². The Morgan fingerprint density at radius 3 is 2.38 bits per heavy atom. The molecule has 40 heavy (non-hydrogen) atoms. The molecule has 216 valence electrons. The molecule has 2 aromatic rings. The lowest BCUT2D eigenvalue weighted by Crippen LogP contribution is -2.79. The molecule has 0 aromatic heterocycles. The van der Waals surface area contributed by atoms with E-state index >= 15 is 8.78 Å². The van der Waals surface area contributed by atoms with E-state index in [2.05, 4.69) is 5.32 Å². The molecule has 2 saturated heterocycles. The summed E-state index contributed by atoms with van der Waals surface area (Å²) in [4.78, 5) is 41.9. The molecule has 10 heteroatoms. The number of aryl methyl sites for hydroxylation is 1. The number of amides is 3. The second kappa shape index (κ2) is 10.1. The smallest absolute Gasteiger partial charge is 0.290 e. The summed E-state index contributed by atoms with van der Waals surface area (Å²) in [6.45, 7) is 9.13. The number of fused-ring (bicyclic) bond motifs is 1. The Morgan fingerprint density at radius 2 is 1.77 bits per heavy atom. The Morgan fingerprint density at radius 1 is 1.15 bits per heavy atom. The van der Waals surface area contributed by atoms with Gasteiger partial charge < -0.3 is 25.3 Å². The fraction of sp³-hybridized carbons (Fsp3) is 0.500. The predicted molar refractivity (Wildman–Crippen MR) is 145 cm³/mol. The van der Waals surface area contributed by atoms with Crippen LogP contribution in [0.25, 0.3) is 0 Å². The number of β-lactam (4-membered cyclic amide) rings is 1. The highest BCUT2D eigenvalue weighted by molar-refractivity contribution is 5.99. The molecule has 0 bridgehead atoms. The zero-order valence-corrected chi connectivity index (χ0v) is 23.7. The van der Waals surface area contributed by atoms with Gasteiger partial charge in [-0.2, -0.15) is 0 Å². The third kappa shape index (κ3) is 5.05. The van der Waals surface area contributed by atoms with Gasteiger partial charge in [-0.05, 0) is 55.9 Å². The maximum Gasteiger partial charge on any atom is 0.290 e. The normalized spacial score (nSPS) is 23.3. The molecule has 2 fully saturated rings. The molecule has 8 nitrogen and oxygen atoms in total. The first-order chi connectivity index (χ1) is 18.5. The lowest BCUT2D eigenvalue weighted by molar-refractivity contribution is -0.194. The molecule has 0 aliphatic carbocycles. The number of nitrogens with zero attached hydrogens (tertiary/aromatic N) is 2. The van der Waals surface area contributed by atoms with E-state index < -0.39 is 59.3 Å². The number of halogens is 2. The molecule has 4 atom stereocenters. The number of hydrogen-bond acceptors (Lipinski definition) is 5. The fourth-order valence-electron chi connectivity index (χ4n) is 5.69. The maximum absolute atomic E-state index is 15.4. The van der Waals surface area contributed by atoms with Crippen LogP contribution in [-0.2, 0) is 16.0 Å². The number of benzene rings is 2. The monoisotopic (exact) mass is 557 g/mol. The van der Waals surface area contributed by atoms with Crippen LogP contribution in [0.5, 0.6) is 5.75 Å². The average molecular weight is 558 g/mol. The second-order valence-corrected chi connectivity index (χ2v) is 12.4. The molecule has 4 rings (SSSR count). The van der Waals surface area contributed by atoms with Gasteiger partial charge in [-0.3, -0.25) is 14.4 Å². The fourth-order valence-corrected chi connectivity index (χ4v) is 5.69. The Bertz CT molecular complexity index is 1330. The number of nitrogens with one attached hydrogen (secondary N) is 1. The van der Waals surface area contributed by atoms with Crippen LogP contribution in [0.1, 0.15) is 54.7 Å². The molecular weight excluding hydrogens is 520 g/mol. The molecular formula is C30H37F2N3O5. The summed E-state index contributed by atoms with van der Waals surface area (Å²) in [5.41, 5.74) is -0.549. The molecule has 0 saturated carbocycles. The summed E-state index contributed by atoms with van der Waals surface area (Å²) in [7, 11) is 0. The molecule has 2 aromatic carbocycles. The Kier molecular flexibility index (Phi) is 7.47.